The lowest BCUT2D eigenvalue weighted by Gasteiger charge is -2.31. The van der Waals surface area contributed by atoms with Gasteiger partial charge in [0.1, 0.15) is 17.7 Å². The molecule has 2 aromatic rings. The number of para-hydroxylation sites is 1. The number of aryl methyl sites for hydroxylation is 1. The number of hydrogen-bond acceptors (Lipinski definition) is 5. The maximum Gasteiger partial charge on any atom is 0.148 e. The predicted molar refractivity (Wildman–Crippen MR) is 92.3 cm³/mol. The molecule has 2 heterocycles. The Kier molecular flexibility index (Phi) is 3.04. The van der Waals surface area contributed by atoms with Gasteiger partial charge in [-0.05, 0) is 24.6 Å². The van der Waals surface area contributed by atoms with Crippen molar-refractivity contribution in [2.45, 2.75) is 13.0 Å². The van der Waals surface area contributed by atoms with E-state index in [0.29, 0.717) is 12.2 Å². The van der Waals surface area contributed by atoms with E-state index in [0.717, 1.165) is 22.8 Å². The zero-order chi connectivity index (χ0) is 16.0. The molecule has 2 aromatic carbocycles. The Hall–Kier alpha value is -2.89. The number of nitrogen functional groups attached to an aromatic ring is 1. The minimum absolute atomic E-state index is 0.0213. The number of nitrogens with one attached hydrogen (secondary N) is 1. The van der Waals surface area contributed by atoms with Crippen LogP contribution in [-0.2, 0) is 0 Å². The average Bonchev–Trinajstić information content (AvgIpc) is 3.02. The second kappa shape index (κ2) is 5.08. The number of hydrogen-bond donors (Lipinski definition) is 2. The summed E-state index contributed by atoms with van der Waals surface area (Å²) in [4.78, 5) is 10.9. The molecule has 6 heteroatoms. The Morgan fingerprint density at radius 2 is 2.13 bits per heavy atom. The van der Waals surface area contributed by atoms with Gasteiger partial charge in [0, 0.05) is 11.8 Å². The molecule has 2 aliphatic rings. The molecular weight excluding hydrogens is 293 g/mol. The van der Waals surface area contributed by atoms with Gasteiger partial charge in [-0.25, -0.2) is 9.38 Å². The van der Waals surface area contributed by atoms with Crippen molar-refractivity contribution < 1.29 is 4.39 Å². The fourth-order valence-corrected chi connectivity index (χ4v) is 2.88. The smallest absolute Gasteiger partial charge is 0.148 e. The second-order valence-electron chi connectivity index (χ2n) is 5.70. The predicted octanol–water partition coefficient (Wildman–Crippen LogP) is 3.09. The van der Waals surface area contributed by atoms with Crippen molar-refractivity contribution in [1.29, 1.82) is 0 Å². The van der Waals surface area contributed by atoms with Crippen LogP contribution in [0, 0.1) is 12.7 Å². The second-order valence-corrected chi connectivity index (χ2v) is 5.70. The highest BCUT2D eigenvalue weighted by atomic mass is 19.1. The molecule has 0 amide bonds. The molecular formula is C17H16FN5. The molecule has 116 valence electrons. The van der Waals surface area contributed by atoms with Crippen LogP contribution in [0.4, 0.5) is 27.1 Å². The summed E-state index contributed by atoms with van der Waals surface area (Å²) in [7, 11) is 0. The first kappa shape index (κ1) is 13.8. The SMILES string of the molecule is Cc1ccccc1NC1=Nc2cc(F)c(N)cc2N2C=NCC12. The first-order valence-electron chi connectivity index (χ1n) is 7.42. The van der Waals surface area contributed by atoms with Gasteiger partial charge in [0.2, 0.25) is 0 Å². The number of benzene rings is 2. The number of aliphatic imine (C=N–C) groups is 2. The van der Waals surface area contributed by atoms with Gasteiger partial charge in [-0.1, -0.05) is 18.2 Å². The summed E-state index contributed by atoms with van der Waals surface area (Å²) in [5, 5.41) is 3.37. The van der Waals surface area contributed by atoms with E-state index in [-0.39, 0.29) is 11.7 Å². The number of amidine groups is 1. The molecule has 0 bridgehead atoms. The number of rotatable bonds is 1. The van der Waals surface area contributed by atoms with Crippen LogP contribution in [0.25, 0.3) is 0 Å². The van der Waals surface area contributed by atoms with Crippen LogP contribution in [0.15, 0.2) is 46.4 Å². The van der Waals surface area contributed by atoms with E-state index in [4.69, 9.17) is 5.73 Å². The molecule has 0 aliphatic carbocycles. The summed E-state index contributed by atoms with van der Waals surface area (Å²) >= 11 is 0. The molecule has 0 radical (unpaired) electrons. The molecule has 1 unspecified atom stereocenters. The largest absolute Gasteiger partial charge is 0.396 e. The molecule has 0 aromatic heterocycles. The van der Waals surface area contributed by atoms with E-state index in [1.54, 1.807) is 12.4 Å². The van der Waals surface area contributed by atoms with Crippen molar-refractivity contribution in [3.05, 3.63) is 47.8 Å². The summed E-state index contributed by atoms with van der Waals surface area (Å²) in [6, 6.07) is 10.9. The van der Waals surface area contributed by atoms with Gasteiger partial charge in [-0.3, -0.25) is 4.99 Å². The lowest BCUT2D eigenvalue weighted by molar-refractivity contribution is 0.632. The molecule has 0 spiro atoms. The Balaban J connectivity index is 1.79. The quantitative estimate of drug-likeness (QED) is 0.796. The fraction of sp³-hybridized carbons (Fsp3) is 0.176. The Morgan fingerprint density at radius 1 is 1.30 bits per heavy atom. The van der Waals surface area contributed by atoms with E-state index in [1.165, 1.54) is 6.07 Å². The van der Waals surface area contributed by atoms with Crippen LogP contribution in [0.2, 0.25) is 0 Å². The molecule has 0 fully saturated rings. The highest BCUT2D eigenvalue weighted by Crippen LogP contribution is 2.38. The van der Waals surface area contributed by atoms with Gasteiger partial charge >= 0.3 is 0 Å². The average molecular weight is 309 g/mol. The van der Waals surface area contributed by atoms with Crippen LogP contribution in [0.3, 0.4) is 0 Å². The van der Waals surface area contributed by atoms with Crippen LogP contribution in [-0.4, -0.2) is 24.8 Å². The normalized spacial score (nSPS) is 18.4. The molecule has 0 saturated carbocycles. The molecule has 1 atom stereocenters. The van der Waals surface area contributed by atoms with Crippen molar-refractivity contribution in [1.82, 2.24) is 0 Å². The van der Waals surface area contributed by atoms with Gasteiger partial charge in [-0.15, -0.1) is 0 Å². The van der Waals surface area contributed by atoms with Gasteiger partial charge in [0.15, 0.2) is 0 Å². The fourth-order valence-electron chi connectivity index (χ4n) is 2.88. The number of anilines is 3. The molecule has 0 saturated heterocycles. The van der Waals surface area contributed by atoms with Crippen LogP contribution in [0.1, 0.15) is 5.56 Å². The van der Waals surface area contributed by atoms with Crippen molar-refractivity contribution in [3.63, 3.8) is 0 Å². The van der Waals surface area contributed by atoms with Gasteiger partial charge in [0.05, 0.1) is 29.9 Å². The molecule has 4 rings (SSSR count). The summed E-state index contributed by atoms with van der Waals surface area (Å²) < 4.78 is 13.8. The highest BCUT2D eigenvalue weighted by molar-refractivity contribution is 6.11. The van der Waals surface area contributed by atoms with E-state index in [1.807, 2.05) is 36.1 Å². The Labute approximate surface area is 133 Å². The lowest BCUT2D eigenvalue weighted by atomic mass is 10.1. The summed E-state index contributed by atoms with van der Waals surface area (Å²) in [5.74, 6) is 0.297. The number of halogens is 1. The maximum atomic E-state index is 13.8. The van der Waals surface area contributed by atoms with Crippen molar-refractivity contribution in [3.8, 4) is 0 Å². The number of nitrogens with two attached hydrogens (primary N) is 1. The zero-order valence-corrected chi connectivity index (χ0v) is 12.6. The first-order valence-corrected chi connectivity index (χ1v) is 7.42. The lowest BCUT2D eigenvalue weighted by Crippen LogP contribution is -2.44. The Bertz CT molecular complexity index is 843. The first-order chi connectivity index (χ1) is 11.1. The third kappa shape index (κ3) is 2.23. The van der Waals surface area contributed by atoms with Gasteiger partial charge in [0.25, 0.3) is 0 Å². The topological polar surface area (TPSA) is 66.0 Å². The minimum atomic E-state index is -0.461. The van der Waals surface area contributed by atoms with Gasteiger partial charge < -0.3 is 16.0 Å². The third-order valence-electron chi connectivity index (χ3n) is 4.16. The van der Waals surface area contributed by atoms with Crippen molar-refractivity contribution in [2.24, 2.45) is 9.98 Å². The molecule has 23 heavy (non-hydrogen) atoms. The van der Waals surface area contributed by atoms with Crippen LogP contribution < -0.4 is 16.0 Å². The summed E-state index contributed by atoms with van der Waals surface area (Å²) in [5.41, 5.74) is 9.25. The van der Waals surface area contributed by atoms with Gasteiger partial charge in [-0.2, -0.15) is 0 Å². The van der Waals surface area contributed by atoms with Crippen LogP contribution in [0.5, 0.6) is 0 Å². The standard InChI is InChI=1S/C17H16FN5/c1-10-4-2-3-5-13(10)21-17-16-8-20-9-23(16)15-7-12(19)11(18)6-14(15)22-17/h2-7,9,16H,8,19H2,1H3,(H,21,22). The third-order valence-corrected chi connectivity index (χ3v) is 4.16. The summed E-state index contributed by atoms with van der Waals surface area (Å²) in [6.45, 7) is 2.64. The van der Waals surface area contributed by atoms with Crippen molar-refractivity contribution >= 4 is 34.9 Å². The molecule has 2 aliphatic heterocycles. The summed E-state index contributed by atoms with van der Waals surface area (Å²) in [6.07, 6.45) is 1.76. The van der Waals surface area contributed by atoms with E-state index in [2.05, 4.69) is 15.3 Å². The van der Waals surface area contributed by atoms with E-state index >= 15 is 0 Å². The Morgan fingerprint density at radius 3 is 2.96 bits per heavy atom. The zero-order valence-electron chi connectivity index (χ0n) is 12.6. The maximum absolute atomic E-state index is 13.8. The van der Waals surface area contributed by atoms with Crippen LogP contribution >= 0.6 is 0 Å². The number of nitrogens with zero attached hydrogens (tertiary/aromatic N) is 3. The van der Waals surface area contributed by atoms with Crippen molar-refractivity contribution in [2.75, 3.05) is 22.5 Å². The highest BCUT2D eigenvalue weighted by Gasteiger charge is 2.33. The molecule has 3 N–H and O–H groups in total. The van der Waals surface area contributed by atoms with E-state index < -0.39 is 5.82 Å². The van der Waals surface area contributed by atoms with E-state index in [9.17, 15) is 4.39 Å². The monoisotopic (exact) mass is 309 g/mol. The minimum Gasteiger partial charge on any atom is -0.396 e. The number of fused-ring (bicyclic) bond motifs is 3. The molecule has 5 nitrogen and oxygen atoms in total.